The lowest BCUT2D eigenvalue weighted by molar-refractivity contribution is -0.137. The van der Waals surface area contributed by atoms with Crippen LogP contribution in [0.5, 0.6) is 0 Å². The van der Waals surface area contributed by atoms with Gasteiger partial charge < -0.3 is 10.1 Å². The summed E-state index contributed by atoms with van der Waals surface area (Å²) in [6.07, 6.45) is -3.72. The van der Waals surface area contributed by atoms with Crippen LogP contribution in [0.3, 0.4) is 0 Å². The Kier molecular flexibility index (Phi) is 4.07. The van der Waals surface area contributed by atoms with Crippen LogP contribution in [0.25, 0.3) is 11.0 Å². The van der Waals surface area contributed by atoms with Crippen LogP contribution >= 0.6 is 0 Å². The van der Waals surface area contributed by atoms with Crippen molar-refractivity contribution in [2.75, 3.05) is 0 Å². The number of aliphatic hydroxyl groups excluding tert-OH is 1. The van der Waals surface area contributed by atoms with Gasteiger partial charge in [0.05, 0.1) is 23.9 Å². The maximum Gasteiger partial charge on any atom is 0.417 e. The van der Waals surface area contributed by atoms with Crippen molar-refractivity contribution in [2.45, 2.75) is 32.7 Å². The average molecular weight is 353 g/mol. The molecule has 25 heavy (non-hydrogen) atoms. The van der Waals surface area contributed by atoms with E-state index in [2.05, 4.69) is 20.1 Å². The molecular formula is C15H14F3N5O2. The van der Waals surface area contributed by atoms with Crippen molar-refractivity contribution in [2.24, 2.45) is 0 Å². The fraction of sp³-hybridized carbons (Fsp3) is 0.333. The number of pyridine rings is 1. The van der Waals surface area contributed by atoms with Gasteiger partial charge >= 0.3 is 6.18 Å². The van der Waals surface area contributed by atoms with E-state index in [-0.39, 0.29) is 16.7 Å². The first-order valence-electron chi connectivity index (χ1n) is 7.34. The number of aliphatic hydroxyl groups is 1. The number of aromatic nitrogens is 5. The summed E-state index contributed by atoms with van der Waals surface area (Å²) in [7, 11) is 0. The molecule has 2 N–H and O–H groups in total. The number of rotatable bonds is 3. The van der Waals surface area contributed by atoms with Gasteiger partial charge in [-0.15, -0.1) is 0 Å². The Hall–Kier alpha value is -2.75. The van der Waals surface area contributed by atoms with Gasteiger partial charge in [-0.25, -0.2) is 9.67 Å². The lowest BCUT2D eigenvalue weighted by Crippen LogP contribution is -2.14. The molecule has 0 fully saturated rings. The van der Waals surface area contributed by atoms with Gasteiger partial charge in [0, 0.05) is 6.20 Å². The maximum atomic E-state index is 12.7. The number of nitrogens with one attached hydrogen (secondary N) is 1. The van der Waals surface area contributed by atoms with Crippen molar-refractivity contribution < 1.29 is 18.3 Å². The standard InChI is InChI=1S/C15H14F3N5O2/c1-7(10-4-3-9(5-19-10)15(16,17)18)23-13-12(11(6-24)22-23)14(25)21-8(2)20-13/h3-5,7,24H,6H2,1-2H3,(H,20,21,25)/t7-/m1/s1. The highest BCUT2D eigenvalue weighted by atomic mass is 19.4. The molecule has 0 bridgehead atoms. The first-order chi connectivity index (χ1) is 11.7. The minimum absolute atomic E-state index is 0.141. The molecule has 0 unspecified atom stereocenters. The van der Waals surface area contributed by atoms with Crippen molar-refractivity contribution in [3.05, 3.63) is 51.5 Å². The smallest absolute Gasteiger partial charge is 0.390 e. The van der Waals surface area contributed by atoms with E-state index >= 15 is 0 Å². The van der Waals surface area contributed by atoms with Gasteiger partial charge in [0.2, 0.25) is 0 Å². The SMILES string of the molecule is Cc1nc2c(c(CO)nn2[C@H](C)c2ccc(C(F)(F)F)cn2)c(=O)[nH]1. The highest BCUT2D eigenvalue weighted by Gasteiger charge is 2.31. The third-order valence-corrected chi connectivity index (χ3v) is 3.81. The molecule has 1 atom stereocenters. The second-order valence-electron chi connectivity index (χ2n) is 5.54. The summed E-state index contributed by atoms with van der Waals surface area (Å²) in [5, 5.41) is 13.7. The molecule has 0 aliphatic rings. The van der Waals surface area contributed by atoms with Crippen molar-refractivity contribution in [1.82, 2.24) is 24.7 Å². The third kappa shape index (κ3) is 3.00. The summed E-state index contributed by atoms with van der Waals surface area (Å²) >= 11 is 0. The molecule has 0 aromatic carbocycles. The third-order valence-electron chi connectivity index (χ3n) is 3.81. The largest absolute Gasteiger partial charge is 0.417 e. The van der Waals surface area contributed by atoms with Crippen LogP contribution in [0.2, 0.25) is 0 Å². The van der Waals surface area contributed by atoms with E-state index in [1.807, 2.05) is 0 Å². The number of alkyl halides is 3. The number of hydrogen-bond acceptors (Lipinski definition) is 5. The van der Waals surface area contributed by atoms with E-state index in [0.29, 0.717) is 11.5 Å². The number of halogens is 3. The van der Waals surface area contributed by atoms with E-state index in [9.17, 15) is 23.1 Å². The molecule has 0 aliphatic heterocycles. The predicted molar refractivity (Wildman–Crippen MR) is 81.9 cm³/mol. The molecule has 132 valence electrons. The summed E-state index contributed by atoms with van der Waals surface area (Å²) < 4.78 is 39.3. The van der Waals surface area contributed by atoms with E-state index in [1.54, 1.807) is 13.8 Å². The molecule has 10 heteroatoms. The van der Waals surface area contributed by atoms with E-state index < -0.39 is 29.9 Å². The summed E-state index contributed by atoms with van der Waals surface area (Å²) in [6.45, 7) is 2.80. The molecule has 3 rings (SSSR count). The molecule has 0 spiro atoms. The number of fused-ring (bicyclic) bond motifs is 1. The zero-order valence-corrected chi connectivity index (χ0v) is 13.3. The van der Waals surface area contributed by atoms with Crippen LogP contribution in [0.1, 0.15) is 35.7 Å². The molecular weight excluding hydrogens is 339 g/mol. The highest BCUT2D eigenvalue weighted by Crippen LogP contribution is 2.29. The van der Waals surface area contributed by atoms with Crippen molar-refractivity contribution in [3.8, 4) is 0 Å². The highest BCUT2D eigenvalue weighted by molar-refractivity contribution is 5.77. The minimum Gasteiger partial charge on any atom is -0.390 e. The monoisotopic (exact) mass is 353 g/mol. The van der Waals surface area contributed by atoms with Crippen LogP contribution in [0.15, 0.2) is 23.1 Å². The number of H-pyrrole nitrogens is 1. The number of aromatic amines is 1. The Bertz CT molecular complexity index is 976. The first-order valence-corrected chi connectivity index (χ1v) is 7.34. The summed E-state index contributed by atoms with van der Waals surface area (Å²) in [4.78, 5) is 22.7. The van der Waals surface area contributed by atoms with Gasteiger partial charge in [-0.1, -0.05) is 0 Å². The molecule has 0 saturated heterocycles. The Labute approximate surface area is 139 Å². The van der Waals surface area contributed by atoms with Gasteiger partial charge in [0.1, 0.15) is 16.9 Å². The van der Waals surface area contributed by atoms with Crippen molar-refractivity contribution in [3.63, 3.8) is 0 Å². The lowest BCUT2D eigenvalue weighted by Gasteiger charge is -2.14. The molecule has 0 amide bonds. The number of nitrogens with zero attached hydrogens (tertiary/aromatic N) is 4. The second-order valence-corrected chi connectivity index (χ2v) is 5.54. The molecule has 0 aliphatic carbocycles. The van der Waals surface area contributed by atoms with Crippen LogP contribution in [0.4, 0.5) is 13.2 Å². The zero-order chi connectivity index (χ0) is 18.4. The Balaban J connectivity index is 2.11. The van der Waals surface area contributed by atoms with Crippen LogP contribution < -0.4 is 5.56 Å². The van der Waals surface area contributed by atoms with Crippen LogP contribution in [-0.4, -0.2) is 29.8 Å². The first kappa shape index (κ1) is 17.1. The lowest BCUT2D eigenvalue weighted by atomic mass is 10.2. The predicted octanol–water partition coefficient (Wildman–Crippen LogP) is 1.94. The Morgan fingerprint density at radius 2 is 2.08 bits per heavy atom. The van der Waals surface area contributed by atoms with Crippen LogP contribution in [0, 0.1) is 6.92 Å². The number of hydrogen-bond donors (Lipinski definition) is 2. The van der Waals surface area contributed by atoms with E-state index in [1.165, 1.54) is 10.7 Å². The van der Waals surface area contributed by atoms with Crippen LogP contribution in [-0.2, 0) is 12.8 Å². The van der Waals surface area contributed by atoms with E-state index in [0.717, 1.165) is 12.3 Å². The summed E-state index contributed by atoms with van der Waals surface area (Å²) in [5.41, 5.74) is -0.593. The fourth-order valence-electron chi connectivity index (χ4n) is 2.55. The van der Waals surface area contributed by atoms with Gasteiger partial charge in [-0.2, -0.15) is 18.3 Å². The topological polar surface area (TPSA) is 96.7 Å². The zero-order valence-electron chi connectivity index (χ0n) is 13.3. The number of aryl methyl sites for hydroxylation is 1. The molecule has 3 aromatic heterocycles. The quantitative estimate of drug-likeness (QED) is 0.750. The Morgan fingerprint density at radius 3 is 2.64 bits per heavy atom. The summed E-state index contributed by atoms with van der Waals surface area (Å²) in [6, 6.07) is 1.60. The fourth-order valence-corrected chi connectivity index (χ4v) is 2.55. The van der Waals surface area contributed by atoms with Gasteiger partial charge in [0.25, 0.3) is 5.56 Å². The van der Waals surface area contributed by atoms with Gasteiger partial charge in [-0.05, 0) is 26.0 Å². The molecule has 3 heterocycles. The molecule has 0 radical (unpaired) electrons. The van der Waals surface area contributed by atoms with E-state index in [4.69, 9.17) is 0 Å². The van der Waals surface area contributed by atoms with Crippen molar-refractivity contribution in [1.29, 1.82) is 0 Å². The molecule has 3 aromatic rings. The maximum absolute atomic E-state index is 12.7. The van der Waals surface area contributed by atoms with Gasteiger partial charge in [-0.3, -0.25) is 9.78 Å². The minimum atomic E-state index is -4.47. The average Bonchev–Trinajstić information content (AvgIpc) is 2.92. The van der Waals surface area contributed by atoms with Crippen molar-refractivity contribution >= 4 is 11.0 Å². The van der Waals surface area contributed by atoms with Gasteiger partial charge in [0.15, 0.2) is 5.65 Å². The summed E-state index contributed by atoms with van der Waals surface area (Å²) in [5.74, 6) is 0.357. The Morgan fingerprint density at radius 1 is 1.36 bits per heavy atom. The second kappa shape index (κ2) is 5.96. The molecule has 7 nitrogen and oxygen atoms in total. The molecule has 0 saturated carbocycles. The normalized spacial score (nSPS) is 13.4.